The Bertz CT molecular complexity index is 578. The van der Waals surface area contributed by atoms with Crippen LogP contribution >= 0.6 is 0 Å². The summed E-state index contributed by atoms with van der Waals surface area (Å²) in [7, 11) is -3.62. The fourth-order valence-corrected chi connectivity index (χ4v) is 3.18. The lowest BCUT2D eigenvalue weighted by molar-refractivity contribution is 0.0857. The third-order valence-corrected chi connectivity index (χ3v) is 4.58. The summed E-state index contributed by atoms with van der Waals surface area (Å²) in [6.07, 6.45) is 0. The summed E-state index contributed by atoms with van der Waals surface area (Å²) in [5.41, 5.74) is 0.463. The van der Waals surface area contributed by atoms with Crippen LogP contribution in [0.4, 0.5) is 0 Å². The van der Waals surface area contributed by atoms with Gasteiger partial charge in [-0.3, -0.25) is 0 Å². The van der Waals surface area contributed by atoms with Gasteiger partial charge in [0.15, 0.2) is 0 Å². The van der Waals surface area contributed by atoms with Crippen molar-refractivity contribution in [2.45, 2.75) is 57.5 Å². The van der Waals surface area contributed by atoms with E-state index in [2.05, 4.69) is 4.72 Å². The Morgan fingerprint density at radius 2 is 1.70 bits per heavy atom. The molecule has 1 aromatic carbocycles. The van der Waals surface area contributed by atoms with Crippen LogP contribution < -0.4 is 4.72 Å². The smallest absolute Gasteiger partial charge is 0.240 e. The lowest BCUT2D eigenvalue weighted by Crippen LogP contribution is -2.38. The number of aryl methyl sites for hydroxylation is 1. The summed E-state index contributed by atoms with van der Waals surface area (Å²) in [5, 5.41) is 9.65. The van der Waals surface area contributed by atoms with Crippen molar-refractivity contribution in [3.05, 3.63) is 29.3 Å². The number of aliphatic hydroxyl groups is 1. The van der Waals surface area contributed by atoms with Crippen LogP contribution in [0.1, 0.15) is 45.7 Å². The van der Waals surface area contributed by atoms with Crippen molar-refractivity contribution in [1.29, 1.82) is 0 Å². The highest BCUT2D eigenvalue weighted by atomic mass is 32.2. The molecule has 0 fully saturated rings. The Hall–Kier alpha value is -0.910. The quantitative estimate of drug-likeness (QED) is 0.897. The van der Waals surface area contributed by atoms with Crippen LogP contribution in [0, 0.1) is 6.92 Å². The van der Waals surface area contributed by atoms with E-state index < -0.39 is 15.6 Å². The molecule has 0 aliphatic carbocycles. The first-order valence-corrected chi connectivity index (χ1v) is 8.14. The van der Waals surface area contributed by atoms with Gasteiger partial charge in [-0.1, -0.05) is 32.9 Å². The number of nitrogens with one attached hydrogen (secondary N) is 1. The van der Waals surface area contributed by atoms with Crippen LogP contribution in [0.5, 0.6) is 0 Å². The molecule has 0 bridgehead atoms. The standard InChI is InChI=1S/C15H25NO3S/c1-11-7-8-12(14(2,3)4)9-13(11)20(18,19)16-10-15(5,6)17/h7-9,16-17H,10H2,1-6H3. The maximum Gasteiger partial charge on any atom is 0.240 e. The Morgan fingerprint density at radius 1 is 1.15 bits per heavy atom. The maximum atomic E-state index is 12.4. The fourth-order valence-electron chi connectivity index (χ4n) is 1.71. The van der Waals surface area contributed by atoms with E-state index >= 15 is 0 Å². The number of sulfonamides is 1. The molecular weight excluding hydrogens is 274 g/mol. The molecule has 114 valence electrons. The molecule has 20 heavy (non-hydrogen) atoms. The van der Waals surface area contributed by atoms with E-state index in [0.29, 0.717) is 5.56 Å². The van der Waals surface area contributed by atoms with Gasteiger partial charge in [0.05, 0.1) is 10.5 Å². The van der Waals surface area contributed by atoms with E-state index in [1.54, 1.807) is 26.8 Å². The highest BCUT2D eigenvalue weighted by Crippen LogP contribution is 2.26. The molecule has 0 saturated carbocycles. The predicted molar refractivity (Wildman–Crippen MR) is 81.4 cm³/mol. The van der Waals surface area contributed by atoms with E-state index in [9.17, 15) is 13.5 Å². The average Bonchev–Trinajstić information content (AvgIpc) is 2.24. The number of hydrogen-bond acceptors (Lipinski definition) is 3. The summed E-state index contributed by atoms with van der Waals surface area (Å²) in [6, 6.07) is 5.48. The van der Waals surface area contributed by atoms with E-state index in [1.165, 1.54) is 0 Å². The van der Waals surface area contributed by atoms with Gasteiger partial charge < -0.3 is 5.11 Å². The molecular formula is C15H25NO3S. The van der Waals surface area contributed by atoms with Crippen LogP contribution in [0.3, 0.4) is 0 Å². The topological polar surface area (TPSA) is 66.4 Å². The summed E-state index contributed by atoms with van der Waals surface area (Å²) < 4.78 is 27.2. The van der Waals surface area contributed by atoms with E-state index in [4.69, 9.17) is 0 Å². The maximum absolute atomic E-state index is 12.4. The van der Waals surface area contributed by atoms with Crippen molar-refractivity contribution in [3.63, 3.8) is 0 Å². The van der Waals surface area contributed by atoms with Crippen molar-refractivity contribution < 1.29 is 13.5 Å². The monoisotopic (exact) mass is 299 g/mol. The molecule has 1 rings (SSSR count). The second-order valence-corrected chi connectivity index (χ2v) is 8.60. The molecule has 0 aromatic heterocycles. The molecule has 0 aliphatic rings. The first-order valence-electron chi connectivity index (χ1n) is 6.66. The van der Waals surface area contributed by atoms with Gasteiger partial charge in [-0.2, -0.15) is 0 Å². The highest BCUT2D eigenvalue weighted by molar-refractivity contribution is 7.89. The van der Waals surface area contributed by atoms with Gasteiger partial charge in [-0.25, -0.2) is 13.1 Å². The van der Waals surface area contributed by atoms with Gasteiger partial charge in [-0.15, -0.1) is 0 Å². The molecule has 0 heterocycles. The van der Waals surface area contributed by atoms with Crippen LogP contribution in [0.15, 0.2) is 23.1 Å². The summed E-state index contributed by atoms with van der Waals surface area (Å²) in [6.45, 7) is 11.0. The van der Waals surface area contributed by atoms with Crippen LogP contribution in [-0.4, -0.2) is 25.7 Å². The van der Waals surface area contributed by atoms with Crippen molar-refractivity contribution in [2.24, 2.45) is 0 Å². The molecule has 2 N–H and O–H groups in total. The minimum atomic E-state index is -3.62. The fraction of sp³-hybridized carbons (Fsp3) is 0.600. The molecule has 0 spiro atoms. The molecule has 0 radical (unpaired) electrons. The first-order chi connectivity index (χ1) is 8.83. The number of rotatable bonds is 4. The third-order valence-electron chi connectivity index (χ3n) is 3.04. The summed E-state index contributed by atoms with van der Waals surface area (Å²) >= 11 is 0. The molecule has 0 atom stereocenters. The summed E-state index contributed by atoms with van der Waals surface area (Å²) in [5.74, 6) is 0. The zero-order valence-corrected chi connectivity index (χ0v) is 13.9. The Labute approximate surface area is 122 Å². The van der Waals surface area contributed by atoms with Crippen molar-refractivity contribution >= 4 is 10.0 Å². The molecule has 0 aliphatic heterocycles. The predicted octanol–water partition coefficient (Wildman–Crippen LogP) is 2.34. The number of hydrogen-bond donors (Lipinski definition) is 2. The van der Waals surface area contributed by atoms with Crippen molar-refractivity contribution in [2.75, 3.05) is 6.54 Å². The van der Waals surface area contributed by atoms with Crippen LogP contribution in [0.2, 0.25) is 0 Å². The first kappa shape index (κ1) is 17.1. The molecule has 1 aromatic rings. The third kappa shape index (κ3) is 4.58. The van der Waals surface area contributed by atoms with Gasteiger partial charge in [0, 0.05) is 6.54 Å². The Balaban J connectivity index is 3.18. The minimum absolute atomic E-state index is 0.0193. The van der Waals surface area contributed by atoms with Gasteiger partial charge in [0.2, 0.25) is 10.0 Å². The number of benzene rings is 1. The van der Waals surface area contributed by atoms with Crippen molar-refractivity contribution in [1.82, 2.24) is 4.72 Å². The van der Waals surface area contributed by atoms with E-state index in [-0.39, 0.29) is 16.9 Å². The average molecular weight is 299 g/mol. The normalized spacial score (nSPS) is 13.6. The SMILES string of the molecule is Cc1ccc(C(C)(C)C)cc1S(=O)(=O)NCC(C)(C)O. The molecule has 4 nitrogen and oxygen atoms in total. The highest BCUT2D eigenvalue weighted by Gasteiger charge is 2.23. The zero-order valence-electron chi connectivity index (χ0n) is 13.1. The zero-order chi connectivity index (χ0) is 15.8. The largest absolute Gasteiger partial charge is 0.389 e. The Morgan fingerprint density at radius 3 is 2.15 bits per heavy atom. The van der Waals surface area contributed by atoms with E-state index in [1.807, 2.05) is 32.9 Å². The van der Waals surface area contributed by atoms with Crippen molar-refractivity contribution in [3.8, 4) is 0 Å². The van der Waals surface area contributed by atoms with Gasteiger partial charge in [-0.05, 0) is 43.4 Å². The van der Waals surface area contributed by atoms with E-state index in [0.717, 1.165) is 5.56 Å². The second-order valence-electron chi connectivity index (χ2n) is 6.87. The van der Waals surface area contributed by atoms with Gasteiger partial charge in [0.1, 0.15) is 0 Å². The van der Waals surface area contributed by atoms with Crippen LogP contribution in [-0.2, 0) is 15.4 Å². The molecule has 0 unspecified atom stereocenters. The van der Waals surface area contributed by atoms with Crippen LogP contribution in [0.25, 0.3) is 0 Å². The van der Waals surface area contributed by atoms with Gasteiger partial charge in [0.25, 0.3) is 0 Å². The Kier molecular flexibility index (Phi) is 4.69. The molecule has 0 amide bonds. The molecule has 5 heteroatoms. The molecule has 0 saturated heterocycles. The second kappa shape index (κ2) is 5.47. The lowest BCUT2D eigenvalue weighted by atomic mass is 9.87. The van der Waals surface area contributed by atoms with Gasteiger partial charge >= 0.3 is 0 Å². The lowest BCUT2D eigenvalue weighted by Gasteiger charge is -2.22. The summed E-state index contributed by atoms with van der Waals surface area (Å²) in [4.78, 5) is 0.272. The minimum Gasteiger partial charge on any atom is -0.389 e.